The largest absolute Gasteiger partial charge is 0.326 e. The average molecular weight is 267 g/mol. The van der Waals surface area contributed by atoms with Crippen LogP contribution >= 0.6 is 0 Å². The van der Waals surface area contributed by atoms with E-state index in [1.165, 1.54) is 18.2 Å². The lowest BCUT2D eigenvalue weighted by molar-refractivity contribution is 0.591. The molecule has 1 aromatic heterocycles. The van der Waals surface area contributed by atoms with Crippen LogP contribution in [0.3, 0.4) is 0 Å². The second kappa shape index (κ2) is 4.15. The van der Waals surface area contributed by atoms with Gasteiger partial charge in [0.1, 0.15) is 0 Å². The highest BCUT2D eigenvalue weighted by molar-refractivity contribution is 7.89. The Balaban J connectivity index is 2.76. The molecule has 1 heterocycles. The quantitative estimate of drug-likeness (QED) is 0.704. The van der Waals surface area contributed by atoms with Gasteiger partial charge in [-0.2, -0.15) is 0 Å². The van der Waals surface area contributed by atoms with Crippen molar-refractivity contribution in [1.29, 1.82) is 0 Å². The summed E-state index contributed by atoms with van der Waals surface area (Å²) in [5.41, 5.74) is -1.12. The van der Waals surface area contributed by atoms with Crippen LogP contribution in [0.5, 0.6) is 0 Å². The van der Waals surface area contributed by atoms with Gasteiger partial charge in [-0.25, -0.2) is 13.2 Å². The highest BCUT2D eigenvalue weighted by Crippen LogP contribution is 2.13. The number of sulfonamides is 1. The highest BCUT2D eigenvalue weighted by atomic mass is 32.2. The lowest BCUT2D eigenvalue weighted by Crippen LogP contribution is -2.22. The molecule has 18 heavy (non-hydrogen) atoms. The minimum absolute atomic E-state index is 0.0730. The van der Waals surface area contributed by atoms with E-state index >= 15 is 0 Å². The van der Waals surface area contributed by atoms with E-state index in [0.29, 0.717) is 0 Å². The second-order valence-corrected chi connectivity index (χ2v) is 5.16. The number of rotatable bonds is 3. The molecule has 0 unspecified atom stereocenters. The van der Waals surface area contributed by atoms with Crippen molar-refractivity contribution >= 4 is 20.9 Å². The molecule has 0 bridgehead atoms. The Bertz CT molecular complexity index is 832. The average Bonchev–Trinajstić information content (AvgIpc) is 2.27. The summed E-state index contributed by atoms with van der Waals surface area (Å²) in [4.78, 5) is 26.9. The van der Waals surface area contributed by atoms with Crippen molar-refractivity contribution < 1.29 is 8.42 Å². The molecule has 0 saturated carbocycles. The third-order valence-corrected chi connectivity index (χ3v) is 3.61. The van der Waals surface area contributed by atoms with Gasteiger partial charge in [-0.3, -0.25) is 14.5 Å². The fourth-order valence-electron chi connectivity index (χ4n) is 1.49. The van der Waals surface area contributed by atoms with Gasteiger partial charge in [-0.1, -0.05) is 6.58 Å². The first-order valence-corrected chi connectivity index (χ1v) is 6.32. The fourth-order valence-corrected chi connectivity index (χ4v) is 2.37. The van der Waals surface area contributed by atoms with Crippen molar-refractivity contribution in [3.05, 3.63) is 51.8 Å². The fraction of sp³-hybridized carbons (Fsp3) is 0. The van der Waals surface area contributed by atoms with Crippen LogP contribution < -0.4 is 16.0 Å². The van der Waals surface area contributed by atoms with E-state index in [-0.39, 0.29) is 15.8 Å². The van der Waals surface area contributed by atoms with Crippen LogP contribution in [0.1, 0.15) is 0 Å². The summed E-state index contributed by atoms with van der Waals surface area (Å²) in [6, 6.07) is 3.79. The topological polar surface area (TPSA) is 112 Å². The van der Waals surface area contributed by atoms with Crippen molar-refractivity contribution in [2.45, 2.75) is 4.90 Å². The number of nitrogens with one attached hydrogen (secondary N) is 3. The van der Waals surface area contributed by atoms with Crippen LogP contribution in [0.15, 0.2) is 45.5 Å². The molecule has 2 aromatic rings. The number of hydrogen-bond acceptors (Lipinski definition) is 4. The molecule has 8 heteroatoms. The molecule has 2 rings (SSSR count). The van der Waals surface area contributed by atoms with Gasteiger partial charge in [0.15, 0.2) is 0 Å². The van der Waals surface area contributed by atoms with Gasteiger partial charge in [0, 0.05) is 6.20 Å². The maximum atomic E-state index is 11.7. The van der Waals surface area contributed by atoms with Crippen LogP contribution in [0, 0.1) is 0 Å². The van der Waals surface area contributed by atoms with Crippen molar-refractivity contribution in [3.8, 4) is 0 Å². The number of aromatic amines is 2. The summed E-state index contributed by atoms with van der Waals surface area (Å²) in [6.07, 6.45) is 1.03. The van der Waals surface area contributed by atoms with Gasteiger partial charge in [0.05, 0.1) is 15.8 Å². The van der Waals surface area contributed by atoms with Gasteiger partial charge in [0.2, 0.25) is 0 Å². The lowest BCUT2D eigenvalue weighted by atomic mass is 10.2. The molecule has 0 radical (unpaired) electrons. The summed E-state index contributed by atoms with van der Waals surface area (Å²) in [7, 11) is -3.73. The Labute approximate surface area is 101 Å². The van der Waals surface area contributed by atoms with Crippen molar-refractivity contribution in [3.63, 3.8) is 0 Å². The zero-order chi connectivity index (χ0) is 13.3. The molecule has 94 valence electrons. The molecule has 0 fully saturated rings. The zero-order valence-electron chi connectivity index (χ0n) is 9.06. The first-order valence-electron chi connectivity index (χ1n) is 4.83. The third kappa shape index (κ3) is 2.05. The molecule has 0 atom stereocenters. The minimum atomic E-state index is -3.73. The number of fused-ring (bicyclic) bond motifs is 1. The van der Waals surface area contributed by atoms with Crippen molar-refractivity contribution in [2.75, 3.05) is 0 Å². The van der Waals surface area contributed by atoms with Crippen LogP contribution in [0.2, 0.25) is 0 Å². The summed E-state index contributed by atoms with van der Waals surface area (Å²) in [6.45, 7) is 3.26. The molecule has 0 saturated heterocycles. The predicted molar refractivity (Wildman–Crippen MR) is 65.7 cm³/mol. The summed E-state index contributed by atoms with van der Waals surface area (Å²) < 4.78 is 25.5. The molecule has 3 N–H and O–H groups in total. The molecule has 1 aromatic carbocycles. The Kier molecular flexibility index (Phi) is 2.79. The van der Waals surface area contributed by atoms with Gasteiger partial charge in [-0.15, -0.1) is 0 Å². The molecule has 0 aliphatic rings. The minimum Gasteiger partial charge on any atom is -0.307 e. The van der Waals surface area contributed by atoms with Gasteiger partial charge >= 0.3 is 5.69 Å². The Morgan fingerprint density at radius 3 is 2.61 bits per heavy atom. The molecular formula is C10H9N3O4S. The summed E-state index contributed by atoms with van der Waals surface area (Å²) >= 11 is 0. The normalized spacial score (nSPS) is 11.3. The molecule has 0 aliphatic heterocycles. The highest BCUT2D eigenvalue weighted by Gasteiger charge is 2.13. The van der Waals surface area contributed by atoms with E-state index < -0.39 is 21.3 Å². The second-order valence-electron chi connectivity index (χ2n) is 3.44. The molecule has 0 amide bonds. The summed E-state index contributed by atoms with van der Waals surface area (Å²) in [5, 5.41) is 0.201. The van der Waals surface area contributed by atoms with Gasteiger partial charge < -0.3 is 4.98 Å². The molecule has 0 aliphatic carbocycles. The van der Waals surface area contributed by atoms with E-state index in [1.54, 1.807) is 0 Å². The van der Waals surface area contributed by atoms with E-state index in [4.69, 9.17) is 0 Å². The molecule has 7 nitrogen and oxygen atoms in total. The maximum absolute atomic E-state index is 11.7. The van der Waals surface area contributed by atoms with Gasteiger partial charge in [0.25, 0.3) is 15.6 Å². The first kappa shape index (κ1) is 12.1. The molecular weight excluding hydrogens is 258 g/mol. The Hall–Kier alpha value is -2.35. The van der Waals surface area contributed by atoms with Gasteiger partial charge in [-0.05, 0) is 18.2 Å². The standard InChI is InChI=1S/C10H9N3O4S/c1-2-11-18(16,17)6-3-4-7-8(5-6)12-10(15)13-9(7)14/h2-5,11H,1H2,(H2,12,13,14,15). The maximum Gasteiger partial charge on any atom is 0.326 e. The number of hydrogen-bond donors (Lipinski definition) is 3. The SMILES string of the molecule is C=CNS(=O)(=O)c1ccc2c(=O)[nH]c(=O)[nH]c2c1. The molecule has 0 spiro atoms. The van der Waals surface area contributed by atoms with E-state index in [9.17, 15) is 18.0 Å². The van der Waals surface area contributed by atoms with Crippen LogP contribution in [-0.2, 0) is 10.0 Å². The Morgan fingerprint density at radius 2 is 1.94 bits per heavy atom. The van der Waals surface area contributed by atoms with Crippen LogP contribution in [0.4, 0.5) is 0 Å². The van der Waals surface area contributed by atoms with E-state index in [0.717, 1.165) is 6.20 Å². The smallest absolute Gasteiger partial charge is 0.307 e. The number of H-pyrrole nitrogens is 2. The number of benzene rings is 1. The third-order valence-electron chi connectivity index (χ3n) is 2.26. The van der Waals surface area contributed by atoms with Crippen LogP contribution in [-0.4, -0.2) is 18.4 Å². The van der Waals surface area contributed by atoms with E-state index in [1.807, 2.05) is 4.98 Å². The lowest BCUT2D eigenvalue weighted by Gasteiger charge is -2.04. The van der Waals surface area contributed by atoms with E-state index in [2.05, 4.69) is 16.3 Å². The first-order chi connectivity index (χ1) is 8.44. The van der Waals surface area contributed by atoms with Crippen molar-refractivity contribution in [2.24, 2.45) is 0 Å². The Morgan fingerprint density at radius 1 is 1.22 bits per heavy atom. The number of aromatic nitrogens is 2. The summed E-state index contributed by atoms with van der Waals surface area (Å²) in [5.74, 6) is 0. The monoisotopic (exact) mass is 267 g/mol. The predicted octanol–water partition coefficient (Wildman–Crippen LogP) is -0.362. The van der Waals surface area contributed by atoms with Crippen LogP contribution in [0.25, 0.3) is 10.9 Å². The van der Waals surface area contributed by atoms with Crippen molar-refractivity contribution in [1.82, 2.24) is 14.7 Å². The zero-order valence-corrected chi connectivity index (χ0v) is 9.87.